The monoisotopic (exact) mass is 382 g/mol. The van der Waals surface area contributed by atoms with Gasteiger partial charge in [-0.1, -0.05) is 17.3 Å². The standard InChI is InChI=1S/C18H26N2O5S/c1-13-11-16(25-19-13)12-15(21)6-4-14-5-7-17(22)20(14)8-10-26-9-2-3-18(23)24/h4,6,11,14-15,21H,2-3,5,7-10,12H2,1H3,(H,23,24)/t14-,15+/m0/s1. The lowest BCUT2D eigenvalue weighted by Crippen LogP contribution is -2.34. The van der Waals surface area contributed by atoms with E-state index in [0.717, 1.165) is 23.6 Å². The molecule has 0 radical (unpaired) electrons. The highest BCUT2D eigenvalue weighted by Crippen LogP contribution is 2.21. The van der Waals surface area contributed by atoms with Gasteiger partial charge < -0.3 is 19.6 Å². The topological polar surface area (TPSA) is 104 Å². The first kappa shape index (κ1) is 20.5. The normalized spacial score (nSPS) is 18.8. The molecule has 0 unspecified atom stereocenters. The van der Waals surface area contributed by atoms with Crippen LogP contribution in [0.2, 0.25) is 0 Å². The van der Waals surface area contributed by atoms with Crippen LogP contribution in [0.15, 0.2) is 22.7 Å². The van der Waals surface area contributed by atoms with Crippen LogP contribution < -0.4 is 0 Å². The zero-order chi connectivity index (χ0) is 18.9. The van der Waals surface area contributed by atoms with Crippen LogP contribution in [0.25, 0.3) is 0 Å². The molecule has 8 heteroatoms. The smallest absolute Gasteiger partial charge is 0.303 e. The van der Waals surface area contributed by atoms with Crippen molar-refractivity contribution in [3.63, 3.8) is 0 Å². The number of aryl methyl sites for hydroxylation is 1. The van der Waals surface area contributed by atoms with Crippen LogP contribution in [0.5, 0.6) is 0 Å². The molecule has 2 atom stereocenters. The first-order chi connectivity index (χ1) is 12.5. The lowest BCUT2D eigenvalue weighted by molar-refractivity contribution is -0.137. The first-order valence-corrected chi connectivity index (χ1v) is 9.98. The van der Waals surface area contributed by atoms with E-state index in [9.17, 15) is 14.7 Å². The fourth-order valence-electron chi connectivity index (χ4n) is 2.88. The molecule has 1 aromatic heterocycles. The number of hydrogen-bond acceptors (Lipinski definition) is 6. The molecule has 1 amide bonds. The number of rotatable bonds is 11. The van der Waals surface area contributed by atoms with E-state index in [1.165, 1.54) is 0 Å². The maximum Gasteiger partial charge on any atom is 0.303 e. The number of aromatic nitrogens is 1. The van der Waals surface area contributed by atoms with Crippen LogP contribution in [-0.2, 0) is 16.0 Å². The number of amides is 1. The molecule has 144 valence electrons. The van der Waals surface area contributed by atoms with E-state index in [4.69, 9.17) is 9.63 Å². The van der Waals surface area contributed by atoms with Crippen molar-refractivity contribution in [2.24, 2.45) is 0 Å². The van der Waals surface area contributed by atoms with Crippen LogP contribution in [0.4, 0.5) is 0 Å². The summed E-state index contributed by atoms with van der Waals surface area (Å²) in [6.07, 6.45) is 5.40. The van der Waals surface area contributed by atoms with Gasteiger partial charge in [0.05, 0.1) is 17.8 Å². The lowest BCUT2D eigenvalue weighted by atomic mass is 10.1. The van der Waals surface area contributed by atoms with Gasteiger partial charge in [0.2, 0.25) is 5.91 Å². The molecule has 7 nitrogen and oxygen atoms in total. The Hall–Kier alpha value is -1.80. The minimum Gasteiger partial charge on any atom is -0.481 e. The van der Waals surface area contributed by atoms with Gasteiger partial charge in [0.1, 0.15) is 5.76 Å². The van der Waals surface area contributed by atoms with Gasteiger partial charge in [-0.2, -0.15) is 11.8 Å². The quantitative estimate of drug-likeness (QED) is 0.446. The van der Waals surface area contributed by atoms with Crippen molar-refractivity contribution < 1.29 is 24.3 Å². The largest absolute Gasteiger partial charge is 0.481 e. The summed E-state index contributed by atoms with van der Waals surface area (Å²) in [5, 5.41) is 22.5. The number of thioether (sulfide) groups is 1. The van der Waals surface area contributed by atoms with E-state index >= 15 is 0 Å². The zero-order valence-electron chi connectivity index (χ0n) is 15.0. The van der Waals surface area contributed by atoms with Crippen molar-refractivity contribution in [2.45, 2.75) is 51.2 Å². The number of carbonyl (C=O) groups is 2. The van der Waals surface area contributed by atoms with Gasteiger partial charge in [-0.25, -0.2) is 0 Å². The molecule has 2 N–H and O–H groups in total. The second-order valence-corrected chi connectivity index (χ2v) is 7.62. The number of aliphatic hydroxyl groups is 1. The third-order valence-electron chi connectivity index (χ3n) is 4.17. The third kappa shape index (κ3) is 6.84. The van der Waals surface area contributed by atoms with Crippen molar-refractivity contribution >= 4 is 23.6 Å². The number of aliphatic hydroxyl groups excluding tert-OH is 1. The summed E-state index contributed by atoms with van der Waals surface area (Å²) in [7, 11) is 0. The number of hydrogen-bond donors (Lipinski definition) is 2. The predicted octanol–water partition coefficient (Wildman–Crippen LogP) is 2.03. The van der Waals surface area contributed by atoms with Crippen molar-refractivity contribution in [3.05, 3.63) is 29.7 Å². The highest BCUT2D eigenvalue weighted by atomic mass is 32.2. The van der Waals surface area contributed by atoms with E-state index < -0.39 is 12.1 Å². The summed E-state index contributed by atoms with van der Waals surface area (Å²) in [6, 6.07) is 1.80. The van der Waals surface area contributed by atoms with Gasteiger partial charge in [-0.3, -0.25) is 9.59 Å². The van der Waals surface area contributed by atoms with E-state index in [1.807, 2.05) is 17.9 Å². The first-order valence-electron chi connectivity index (χ1n) is 8.83. The fraction of sp³-hybridized carbons (Fsp3) is 0.611. The van der Waals surface area contributed by atoms with Gasteiger partial charge in [0, 0.05) is 37.6 Å². The van der Waals surface area contributed by atoms with E-state index in [0.29, 0.717) is 31.6 Å². The molecule has 2 heterocycles. The molecular weight excluding hydrogens is 356 g/mol. The van der Waals surface area contributed by atoms with Crippen molar-refractivity contribution in [1.82, 2.24) is 10.1 Å². The number of carbonyl (C=O) groups excluding carboxylic acids is 1. The molecule has 0 aliphatic carbocycles. The summed E-state index contributed by atoms with van der Waals surface area (Å²) < 4.78 is 5.10. The Kier molecular flexibility index (Phi) is 8.18. The SMILES string of the molecule is Cc1cc(C[C@H](O)C=C[C@H]2CCC(=O)N2CCSCCCC(=O)O)on1. The highest BCUT2D eigenvalue weighted by molar-refractivity contribution is 7.99. The second kappa shape index (κ2) is 10.4. The summed E-state index contributed by atoms with van der Waals surface area (Å²) in [6.45, 7) is 2.47. The van der Waals surface area contributed by atoms with Crippen molar-refractivity contribution in [1.29, 1.82) is 0 Å². The summed E-state index contributed by atoms with van der Waals surface area (Å²) in [5.74, 6) is 1.56. The van der Waals surface area contributed by atoms with E-state index in [-0.39, 0.29) is 18.4 Å². The Morgan fingerprint density at radius 1 is 1.54 bits per heavy atom. The number of aliphatic carboxylic acids is 1. The van der Waals surface area contributed by atoms with Gasteiger partial charge in [0.25, 0.3) is 0 Å². The van der Waals surface area contributed by atoms with Gasteiger partial charge in [0.15, 0.2) is 0 Å². The Morgan fingerprint density at radius 2 is 2.35 bits per heavy atom. The maximum atomic E-state index is 12.1. The minimum absolute atomic E-state index is 0.00762. The average Bonchev–Trinajstić information content (AvgIpc) is 3.14. The number of likely N-dealkylation sites (tertiary alicyclic amines) is 1. The van der Waals surface area contributed by atoms with Gasteiger partial charge in [-0.05, 0) is 25.5 Å². The molecule has 0 spiro atoms. The Morgan fingerprint density at radius 3 is 3.04 bits per heavy atom. The lowest BCUT2D eigenvalue weighted by Gasteiger charge is -2.22. The van der Waals surface area contributed by atoms with Crippen LogP contribution in [0.3, 0.4) is 0 Å². The molecule has 1 aliphatic rings. The highest BCUT2D eigenvalue weighted by Gasteiger charge is 2.28. The zero-order valence-corrected chi connectivity index (χ0v) is 15.8. The molecule has 1 saturated heterocycles. The molecule has 2 rings (SSSR count). The number of carboxylic acid groups (broad SMARTS) is 1. The molecule has 26 heavy (non-hydrogen) atoms. The maximum absolute atomic E-state index is 12.1. The van der Waals surface area contributed by atoms with Crippen molar-refractivity contribution in [2.75, 3.05) is 18.1 Å². The summed E-state index contributed by atoms with van der Waals surface area (Å²) in [4.78, 5) is 24.4. The molecule has 0 bridgehead atoms. The third-order valence-corrected chi connectivity index (χ3v) is 5.22. The predicted molar refractivity (Wildman–Crippen MR) is 99.0 cm³/mol. The average molecular weight is 382 g/mol. The molecular formula is C18H26N2O5S. The van der Waals surface area contributed by atoms with E-state index in [2.05, 4.69) is 5.16 Å². The van der Waals surface area contributed by atoms with Crippen LogP contribution >= 0.6 is 11.8 Å². The molecule has 1 aromatic rings. The Balaban J connectivity index is 1.74. The van der Waals surface area contributed by atoms with E-state index in [1.54, 1.807) is 23.9 Å². The molecule has 0 saturated carbocycles. The van der Waals surface area contributed by atoms with Gasteiger partial charge in [-0.15, -0.1) is 0 Å². The minimum atomic E-state index is -0.774. The van der Waals surface area contributed by atoms with Crippen LogP contribution in [-0.4, -0.2) is 62.3 Å². The summed E-state index contributed by atoms with van der Waals surface area (Å²) in [5.41, 5.74) is 0.782. The Labute approximate surface area is 157 Å². The molecule has 0 aromatic carbocycles. The van der Waals surface area contributed by atoms with Crippen molar-refractivity contribution in [3.8, 4) is 0 Å². The second-order valence-electron chi connectivity index (χ2n) is 6.39. The fourth-order valence-corrected chi connectivity index (χ4v) is 3.76. The van der Waals surface area contributed by atoms with Crippen LogP contribution in [0.1, 0.15) is 37.1 Å². The Bertz CT molecular complexity index is 631. The number of carboxylic acids is 1. The number of nitrogens with zero attached hydrogens (tertiary/aromatic N) is 2. The molecule has 1 fully saturated rings. The summed E-state index contributed by atoms with van der Waals surface area (Å²) >= 11 is 1.66. The van der Waals surface area contributed by atoms with Gasteiger partial charge >= 0.3 is 5.97 Å². The van der Waals surface area contributed by atoms with Crippen LogP contribution in [0, 0.1) is 6.92 Å². The molecule has 1 aliphatic heterocycles.